The Morgan fingerprint density at radius 1 is 1.09 bits per heavy atom. The fraction of sp³-hybridized carbons (Fsp3) is 0.333. The number of fused-ring (bicyclic) bond motifs is 1. The average Bonchev–Trinajstić information content (AvgIpc) is 3.39. The molecule has 35 heavy (non-hydrogen) atoms. The topological polar surface area (TPSA) is 193 Å². The van der Waals surface area contributed by atoms with Crippen molar-refractivity contribution in [2.75, 3.05) is 24.2 Å². The number of carboxylic acids is 1. The number of aliphatic hydroxyl groups is 1. The average molecular weight is 484 g/mol. The van der Waals surface area contributed by atoms with Crippen LogP contribution in [0.2, 0.25) is 0 Å². The Balaban J connectivity index is 1.55. The summed E-state index contributed by atoms with van der Waals surface area (Å²) in [7, 11) is 1.44. The Bertz CT molecular complexity index is 1220. The first-order valence-electron chi connectivity index (χ1n) is 10.7. The third kappa shape index (κ3) is 5.28. The number of aromatic nitrogens is 4. The minimum atomic E-state index is -1.23. The van der Waals surface area contributed by atoms with E-state index < -0.39 is 42.4 Å². The highest BCUT2D eigenvalue weighted by Crippen LogP contribution is 2.37. The zero-order chi connectivity index (χ0) is 24.9. The van der Waals surface area contributed by atoms with Crippen LogP contribution in [0.1, 0.15) is 12.6 Å². The molecule has 0 spiro atoms. The number of ether oxygens (including phenoxy) is 1. The summed E-state index contributed by atoms with van der Waals surface area (Å²) in [6.45, 7) is -0.0146. The molecule has 14 nitrogen and oxygen atoms in total. The molecule has 1 fully saturated rings. The zero-order valence-corrected chi connectivity index (χ0v) is 18.6. The Kier molecular flexibility index (Phi) is 7.03. The number of carboxylic acid groups (broad SMARTS) is 1. The minimum Gasteiger partial charge on any atom is -0.481 e. The number of carbonyl (C=O) groups is 3. The van der Waals surface area contributed by atoms with Gasteiger partial charge in [0.1, 0.15) is 12.4 Å². The normalized spacial score (nSPS) is 21.4. The lowest BCUT2D eigenvalue weighted by Gasteiger charge is -2.18. The predicted octanol–water partition coefficient (Wildman–Crippen LogP) is 0.748. The summed E-state index contributed by atoms with van der Waals surface area (Å²) in [4.78, 5) is 47.9. The maximum Gasteiger partial charge on any atom is 0.324 e. The summed E-state index contributed by atoms with van der Waals surface area (Å²) in [5.74, 6) is -1.78. The fourth-order valence-corrected chi connectivity index (χ4v) is 3.88. The van der Waals surface area contributed by atoms with Gasteiger partial charge in [-0.25, -0.2) is 24.5 Å². The van der Waals surface area contributed by atoms with Gasteiger partial charge in [0.15, 0.2) is 23.2 Å². The Hall–Kier alpha value is -4.30. The van der Waals surface area contributed by atoms with E-state index >= 15 is 0 Å². The number of para-hydroxylation sites is 1. The van der Waals surface area contributed by atoms with E-state index in [-0.39, 0.29) is 29.9 Å². The van der Waals surface area contributed by atoms with Gasteiger partial charge in [-0.15, -0.1) is 0 Å². The van der Waals surface area contributed by atoms with E-state index in [9.17, 15) is 24.6 Å². The number of hydrogen-bond acceptors (Lipinski definition) is 8. The first-order valence-corrected chi connectivity index (χ1v) is 10.7. The first-order chi connectivity index (χ1) is 16.9. The molecular formula is C21H24N8O6. The largest absolute Gasteiger partial charge is 0.481 e. The molecule has 3 heterocycles. The maximum atomic E-state index is 12.4. The van der Waals surface area contributed by atoms with Crippen molar-refractivity contribution in [3.8, 4) is 0 Å². The second-order valence-electron chi connectivity index (χ2n) is 7.77. The van der Waals surface area contributed by atoms with Gasteiger partial charge in [0.25, 0.3) is 0 Å². The van der Waals surface area contributed by atoms with Crippen LogP contribution in [0.4, 0.5) is 21.1 Å². The van der Waals surface area contributed by atoms with E-state index in [2.05, 4.69) is 36.2 Å². The molecule has 0 unspecified atom stereocenters. The highest BCUT2D eigenvalue weighted by molar-refractivity contribution is 6.02. The van der Waals surface area contributed by atoms with Gasteiger partial charge in [-0.05, 0) is 12.1 Å². The predicted molar refractivity (Wildman–Crippen MR) is 123 cm³/mol. The van der Waals surface area contributed by atoms with Gasteiger partial charge in [-0.2, -0.15) is 0 Å². The molecule has 2 aromatic heterocycles. The van der Waals surface area contributed by atoms with Gasteiger partial charge in [0.05, 0.1) is 18.9 Å². The van der Waals surface area contributed by atoms with Crippen molar-refractivity contribution in [3.05, 3.63) is 43.0 Å². The van der Waals surface area contributed by atoms with E-state index in [4.69, 9.17) is 4.74 Å². The summed E-state index contributed by atoms with van der Waals surface area (Å²) < 4.78 is 7.38. The number of hydrogen-bond donors (Lipinski definition) is 6. The van der Waals surface area contributed by atoms with Crippen LogP contribution in [-0.2, 0) is 9.53 Å². The number of anilines is 2. The quantitative estimate of drug-likeness (QED) is 0.281. The van der Waals surface area contributed by atoms with E-state index in [0.717, 1.165) is 0 Å². The molecular weight excluding hydrogens is 460 g/mol. The molecule has 1 aliphatic rings. The number of nitrogens with zero attached hydrogens (tertiary/aromatic N) is 4. The van der Waals surface area contributed by atoms with Gasteiger partial charge in [0, 0.05) is 25.2 Å². The summed E-state index contributed by atoms with van der Waals surface area (Å²) in [5.41, 5.74) is 1.09. The van der Waals surface area contributed by atoms with Crippen LogP contribution in [0.15, 0.2) is 43.0 Å². The molecule has 1 saturated heterocycles. The number of aliphatic carboxylic acids is 1. The molecule has 14 heteroatoms. The number of urea groups is 2. The van der Waals surface area contributed by atoms with Gasteiger partial charge >= 0.3 is 18.0 Å². The smallest absolute Gasteiger partial charge is 0.324 e. The van der Waals surface area contributed by atoms with E-state index in [1.165, 1.54) is 24.3 Å². The molecule has 1 aromatic carbocycles. The Labute approximate surface area is 198 Å². The van der Waals surface area contributed by atoms with Gasteiger partial charge in [-0.1, -0.05) is 18.2 Å². The van der Waals surface area contributed by atoms with Crippen molar-refractivity contribution in [3.63, 3.8) is 0 Å². The monoisotopic (exact) mass is 484 g/mol. The fourth-order valence-electron chi connectivity index (χ4n) is 3.88. The zero-order valence-electron chi connectivity index (χ0n) is 18.6. The van der Waals surface area contributed by atoms with Crippen LogP contribution in [0.25, 0.3) is 11.2 Å². The van der Waals surface area contributed by atoms with Crippen molar-refractivity contribution in [2.45, 2.75) is 24.9 Å². The summed E-state index contributed by atoms with van der Waals surface area (Å²) in [6.07, 6.45) is -0.822. The van der Waals surface area contributed by atoms with Crippen molar-refractivity contribution >= 4 is 40.7 Å². The molecule has 1 aliphatic heterocycles. The van der Waals surface area contributed by atoms with E-state index in [1.54, 1.807) is 24.3 Å². The molecule has 0 aliphatic carbocycles. The molecule has 4 atom stereocenters. The van der Waals surface area contributed by atoms with Crippen LogP contribution in [0.5, 0.6) is 0 Å². The number of aliphatic hydroxyl groups excluding tert-OH is 1. The van der Waals surface area contributed by atoms with Crippen LogP contribution >= 0.6 is 0 Å². The minimum absolute atomic E-state index is 0.0146. The molecule has 0 radical (unpaired) electrons. The Morgan fingerprint density at radius 3 is 2.57 bits per heavy atom. The molecule has 0 bridgehead atoms. The van der Waals surface area contributed by atoms with Gasteiger partial charge in [0.2, 0.25) is 0 Å². The number of benzene rings is 1. The lowest BCUT2D eigenvalue weighted by atomic mass is 9.94. The maximum absolute atomic E-state index is 12.4. The lowest BCUT2D eigenvalue weighted by Crippen LogP contribution is -2.41. The SMILES string of the molecule is CNC(=O)NC[C@H]1O[C@@H](n2cnc3c(NC(=O)Nc4ccccc4)ncnc32)[C@H](O)[C@@H]1CC(=O)O. The van der Waals surface area contributed by atoms with Crippen molar-refractivity contribution in [2.24, 2.45) is 5.92 Å². The third-order valence-electron chi connectivity index (χ3n) is 5.52. The number of nitrogens with one attached hydrogen (secondary N) is 4. The van der Waals surface area contributed by atoms with E-state index in [0.29, 0.717) is 5.69 Å². The number of imidazole rings is 1. The number of carbonyl (C=O) groups excluding carboxylic acids is 2. The molecule has 4 amide bonds. The van der Waals surface area contributed by atoms with Crippen molar-refractivity contribution < 1.29 is 29.3 Å². The van der Waals surface area contributed by atoms with Gasteiger partial charge in [-0.3, -0.25) is 14.7 Å². The van der Waals surface area contributed by atoms with Gasteiger partial charge < -0.3 is 30.9 Å². The highest BCUT2D eigenvalue weighted by Gasteiger charge is 2.46. The van der Waals surface area contributed by atoms with Crippen molar-refractivity contribution in [1.29, 1.82) is 0 Å². The summed E-state index contributed by atoms with van der Waals surface area (Å²) >= 11 is 0. The van der Waals surface area contributed by atoms with Crippen LogP contribution in [0, 0.1) is 5.92 Å². The number of amides is 4. The Morgan fingerprint density at radius 2 is 1.86 bits per heavy atom. The lowest BCUT2D eigenvalue weighted by molar-refractivity contribution is -0.139. The molecule has 6 N–H and O–H groups in total. The van der Waals surface area contributed by atoms with Crippen LogP contribution < -0.4 is 21.3 Å². The molecule has 3 aromatic rings. The van der Waals surface area contributed by atoms with Crippen LogP contribution in [-0.4, -0.2) is 73.6 Å². The molecule has 4 rings (SSSR count). The summed E-state index contributed by atoms with van der Waals surface area (Å²) in [6, 6.07) is 7.83. The summed E-state index contributed by atoms with van der Waals surface area (Å²) in [5, 5.41) is 30.5. The second kappa shape index (κ2) is 10.3. The third-order valence-corrected chi connectivity index (χ3v) is 5.52. The van der Waals surface area contributed by atoms with E-state index in [1.807, 2.05) is 6.07 Å². The highest BCUT2D eigenvalue weighted by atomic mass is 16.5. The molecule has 0 saturated carbocycles. The van der Waals surface area contributed by atoms with Crippen LogP contribution in [0.3, 0.4) is 0 Å². The van der Waals surface area contributed by atoms with Crippen molar-refractivity contribution in [1.82, 2.24) is 30.2 Å². The second-order valence-corrected chi connectivity index (χ2v) is 7.77. The first kappa shape index (κ1) is 23.8. The molecule has 184 valence electrons. The number of rotatable bonds is 7. The standard InChI is InChI=1S/C21H24N8O6/c1-22-20(33)23-8-13-12(7-14(30)31)16(32)19(35-13)29-10-26-15-17(24-9-25-18(15)29)28-21(34)27-11-5-3-2-4-6-11/h2-6,9-10,12-13,16,19,32H,7-8H2,1H3,(H,30,31)(H2,22,23,33)(H2,24,25,27,28,34)/t12-,13-,16-,19-/m1/s1.